The standard InChI is InChI=1S/C11H12FN/c12-9-4-1-3-8-10(9)13-7-11(8)5-2-6-11/h1,3-4,13H,2,5-7H2. The summed E-state index contributed by atoms with van der Waals surface area (Å²) in [6.07, 6.45) is 3.73. The topological polar surface area (TPSA) is 12.0 Å². The number of halogens is 1. The van der Waals surface area contributed by atoms with Gasteiger partial charge in [0.1, 0.15) is 5.82 Å². The van der Waals surface area contributed by atoms with E-state index in [0.717, 1.165) is 12.2 Å². The fourth-order valence-electron chi connectivity index (χ4n) is 2.55. The van der Waals surface area contributed by atoms with Crippen LogP contribution in [-0.2, 0) is 5.41 Å². The lowest BCUT2D eigenvalue weighted by Gasteiger charge is -2.38. The van der Waals surface area contributed by atoms with Gasteiger partial charge in [-0.15, -0.1) is 0 Å². The molecule has 1 N–H and O–H groups in total. The Labute approximate surface area is 77.0 Å². The van der Waals surface area contributed by atoms with Gasteiger partial charge in [0.05, 0.1) is 5.69 Å². The Kier molecular flexibility index (Phi) is 1.27. The summed E-state index contributed by atoms with van der Waals surface area (Å²) in [7, 11) is 0. The lowest BCUT2D eigenvalue weighted by molar-refractivity contribution is 0.272. The lowest BCUT2D eigenvalue weighted by atomic mass is 9.66. The molecule has 3 rings (SSSR count). The summed E-state index contributed by atoms with van der Waals surface area (Å²) in [6, 6.07) is 5.42. The summed E-state index contributed by atoms with van der Waals surface area (Å²) in [5, 5.41) is 3.19. The van der Waals surface area contributed by atoms with Crippen LogP contribution in [0.25, 0.3) is 0 Å². The van der Waals surface area contributed by atoms with E-state index >= 15 is 0 Å². The van der Waals surface area contributed by atoms with Crippen LogP contribution in [0.5, 0.6) is 0 Å². The van der Waals surface area contributed by atoms with E-state index < -0.39 is 0 Å². The third-order valence-corrected chi connectivity index (χ3v) is 3.50. The zero-order valence-corrected chi connectivity index (χ0v) is 7.44. The highest BCUT2D eigenvalue weighted by atomic mass is 19.1. The number of hydrogen-bond acceptors (Lipinski definition) is 1. The normalized spacial score (nSPS) is 22.2. The molecule has 0 aromatic heterocycles. The van der Waals surface area contributed by atoms with E-state index in [1.807, 2.05) is 6.07 Å². The van der Waals surface area contributed by atoms with Crippen molar-refractivity contribution >= 4 is 5.69 Å². The van der Waals surface area contributed by atoms with Crippen molar-refractivity contribution in [1.82, 2.24) is 0 Å². The molecule has 0 bridgehead atoms. The van der Waals surface area contributed by atoms with Crippen molar-refractivity contribution in [2.75, 3.05) is 11.9 Å². The molecule has 1 spiro atoms. The first-order chi connectivity index (χ1) is 6.32. The summed E-state index contributed by atoms with van der Waals surface area (Å²) in [4.78, 5) is 0. The van der Waals surface area contributed by atoms with Crippen LogP contribution in [0.3, 0.4) is 0 Å². The quantitative estimate of drug-likeness (QED) is 0.642. The number of anilines is 1. The first-order valence-corrected chi connectivity index (χ1v) is 4.85. The molecule has 0 saturated heterocycles. The van der Waals surface area contributed by atoms with Crippen molar-refractivity contribution in [2.45, 2.75) is 24.7 Å². The maximum absolute atomic E-state index is 13.3. The predicted octanol–water partition coefficient (Wildman–Crippen LogP) is 2.67. The van der Waals surface area contributed by atoms with Crippen molar-refractivity contribution in [1.29, 1.82) is 0 Å². The molecular weight excluding hydrogens is 165 g/mol. The van der Waals surface area contributed by atoms with Crippen molar-refractivity contribution < 1.29 is 4.39 Å². The van der Waals surface area contributed by atoms with E-state index in [1.165, 1.54) is 30.9 Å². The number of rotatable bonds is 0. The van der Waals surface area contributed by atoms with E-state index in [-0.39, 0.29) is 11.2 Å². The molecular formula is C11H12FN. The zero-order valence-electron chi connectivity index (χ0n) is 7.44. The Bertz CT molecular complexity index is 355. The summed E-state index contributed by atoms with van der Waals surface area (Å²) in [5.41, 5.74) is 2.25. The third-order valence-electron chi connectivity index (χ3n) is 3.50. The molecule has 1 aromatic rings. The molecule has 0 atom stereocenters. The van der Waals surface area contributed by atoms with Crippen LogP contribution < -0.4 is 5.32 Å². The van der Waals surface area contributed by atoms with Crippen LogP contribution in [0.2, 0.25) is 0 Å². The zero-order chi connectivity index (χ0) is 8.89. The van der Waals surface area contributed by atoms with Gasteiger partial charge in [-0.1, -0.05) is 18.6 Å². The van der Waals surface area contributed by atoms with E-state index in [1.54, 1.807) is 0 Å². The molecule has 0 amide bonds. The van der Waals surface area contributed by atoms with Gasteiger partial charge in [0.25, 0.3) is 0 Å². The van der Waals surface area contributed by atoms with Gasteiger partial charge < -0.3 is 5.32 Å². The summed E-state index contributed by atoms with van der Waals surface area (Å²) in [6.45, 7) is 0.934. The van der Waals surface area contributed by atoms with E-state index in [4.69, 9.17) is 0 Å². The third kappa shape index (κ3) is 0.808. The van der Waals surface area contributed by atoms with Gasteiger partial charge in [0, 0.05) is 12.0 Å². The minimum atomic E-state index is -0.0960. The first kappa shape index (κ1) is 7.36. The largest absolute Gasteiger partial charge is 0.382 e. The monoisotopic (exact) mass is 177 g/mol. The van der Waals surface area contributed by atoms with Crippen LogP contribution in [0.4, 0.5) is 10.1 Å². The molecule has 68 valence electrons. The molecule has 1 aromatic carbocycles. The van der Waals surface area contributed by atoms with Crippen LogP contribution in [-0.4, -0.2) is 6.54 Å². The molecule has 1 heterocycles. The molecule has 1 aliphatic carbocycles. The maximum Gasteiger partial charge on any atom is 0.146 e. The van der Waals surface area contributed by atoms with E-state index in [2.05, 4.69) is 11.4 Å². The maximum atomic E-state index is 13.3. The van der Waals surface area contributed by atoms with Crippen molar-refractivity contribution in [3.8, 4) is 0 Å². The Morgan fingerprint density at radius 2 is 2.15 bits per heavy atom. The predicted molar refractivity (Wildman–Crippen MR) is 50.4 cm³/mol. The summed E-state index contributed by atoms with van der Waals surface area (Å²) >= 11 is 0. The summed E-state index contributed by atoms with van der Waals surface area (Å²) in [5.74, 6) is -0.0960. The lowest BCUT2D eigenvalue weighted by Crippen LogP contribution is -2.35. The number of hydrogen-bond donors (Lipinski definition) is 1. The average Bonchev–Trinajstić information content (AvgIpc) is 2.44. The van der Waals surface area contributed by atoms with Gasteiger partial charge in [-0.05, 0) is 24.5 Å². The van der Waals surface area contributed by atoms with Gasteiger partial charge in [-0.25, -0.2) is 4.39 Å². The molecule has 0 radical (unpaired) electrons. The van der Waals surface area contributed by atoms with Gasteiger partial charge in [0.15, 0.2) is 0 Å². The fraction of sp³-hybridized carbons (Fsp3) is 0.455. The van der Waals surface area contributed by atoms with Crippen molar-refractivity contribution in [3.05, 3.63) is 29.6 Å². The molecule has 2 aliphatic rings. The average molecular weight is 177 g/mol. The number of benzene rings is 1. The number of nitrogens with one attached hydrogen (secondary N) is 1. The molecule has 13 heavy (non-hydrogen) atoms. The fourth-order valence-corrected chi connectivity index (χ4v) is 2.55. The molecule has 1 aliphatic heterocycles. The Morgan fingerprint density at radius 3 is 2.85 bits per heavy atom. The van der Waals surface area contributed by atoms with Crippen LogP contribution in [0.1, 0.15) is 24.8 Å². The second-order valence-electron chi connectivity index (χ2n) is 4.15. The van der Waals surface area contributed by atoms with Crippen molar-refractivity contribution in [3.63, 3.8) is 0 Å². The van der Waals surface area contributed by atoms with Gasteiger partial charge in [-0.3, -0.25) is 0 Å². The minimum absolute atomic E-state index is 0.0960. The summed E-state index contributed by atoms with van der Waals surface area (Å²) < 4.78 is 13.3. The highest BCUT2D eigenvalue weighted by Gasteiger charge is 2.44. The van der Waals surface area contributed by atoms with Gasteiger partial charge in [0.2, 0.25) is 0 Å². The van der Waals surface area contributed by atoms with Crippen LogP contribution in [0, 0.1) is 5.82 Å². The smallest absolute Gasteiger partial charge is 0.146 e. The SMILES string of the molecule is Fc1cccc2c1NCC21CCC1. The molecule has 1 saturated carbocycles. The highest BCUT2D eigenvalue weighted by molar-refractivity contribution is 5.62. The molecule has 1 fully saturated rings. The van der Waals surface area contributed by atoms with Crippen molar-refractivity contribution in [2.24, 2.45) is 0 Å². The van der Waals surface area contributed by atoms with E-state index in [0.29, 0.717) is 0 Å². The van der Waals surface area contributed by atoms with Crippen LogP contribution in [0.15, 0.2) is 18.2 Å². The van der Waals surface area contributed by atoms with E-state index in [9.17, 15) is 4.39 Å². The van der Waals surface area contributed by atoms with Gasteiger partial charge in [-0.2, -0.15) is 0 Å². The Balaban J connectivity index is 2.16. The van der Waals surface area contributed by atoms with Crippen LogP contribution >= 0.6 is 0 Å². The Hall–Kier alpha value is -1.05. The minimum Gasteiger partial charge on any atom is -0.382 e. The number of para-hydroxylation sites is 1. The highest BCUT2D eigenvalue weighted by Crippen LogP contribution is 2.50. The second kappa shape index (κ2) is 2.25. The molecule has 2 heteroatoms. The number of fused-ring (bicyclic) bond motifs is 2. The van der Waals surface area contributed by atoms with Gasteiger partial charge >= 0.3 is 0 Å². The first-order valence-electron chi connectivity index (χ1n) is 4.85. The Morgan fingerprint density at radius 1 is 1.31 bits per heavy atom. The molecule has 0 unspecified atom stereocenters. The molecule has 1 nitrogen and oxygen atoms in total. The second-order valence-corrected chi connectivity index (χ2v) is 4.15.